The number of amides is 1. The lowest BCUT2D eigenvalue weighted by Gasteiger charge is -2.30. The summed E-state index contributed by atoms with van der Waals surface area (Å²) in [6.07, 6.45) is 0.877. The zero-order valence-electron chi connectivity index (χ0n) is 11.8. The Labute approximate surface area is 113 Å². The van der Waals surface area contributed by atoms with Gasteiger partial charge in [0, 0.05) is 19.0 Å². The number of carboxylic acid groups (broad SMARTS) is 1. The van der Waals surface area contributed by atoms with E-state index in [0.29, 0.717) is 19.7 Å². The molecule has 0 aromatic rings. The zero-order chi connectivity index (χ0) is 14.5. The van der Waals surface area contributed by atoms with Crippen LogP contribution in [0.15, 0.2) is 0 Å². The molecule has 1 amide bonds. The van der Waals surface area contributed by atoms with Gasteiger partial charge in [0.2, 0.25) is 0 Å². The van der Waals surface area contributed by atoms with Gasteiger partial charge >= 0.3 is 12.1 Å². The second-order valence-electron chi connectivity index (χ2n) is 5.84. The van der Waals surface area contributed by atoms with E-state index >= 15 is 0 Å². The highest BCUT2D eigenvalue weighted by molar-refractivity contribution is 5.71. The molecule has 110 valence electrons. The molecule has 6 heteroatoms. The second-order valence-corrected chi connectivity index (χ2v) is 5.84. The lowest BCUT2D eigenvalue weighted by molar-refractivity contribution is -0.160. The molecule has 6 nitrogen and oxygen atoms in total. The Kier molecular flexibility index (Phi) is 5.60. The molecule has 1 fully saturated rings. The third-order valence-electron chi connectivity index (χ3n) is 2.78. The lowest BCUT2D eigenvalue weighted by atomic mass is 9.99. The first-order chi connectivity index (χ1) is 8.78. The largest absolute Gasteiger partial charge is 0.465 e. The van der Waals surface area contributed by atoms with Crippen LogP contribution in [0.5, 0.6) is 0 Å². The van der Waals surface area contributed by atoms with Crippen LogP contribution >= 0.6 is 0 Å². The van der Waals surface area contributed by atoms with E-state index in [1.54, 1.807) is 20.8 Å². The summed E-state index contributed by atoms with van der Waals surface area (Å²) in [7, 11) is 0. The van der Waals surface area contributed by atoms with Crippen molar-refractivity contribution in [3.63, 3.8) is 0 Å². The molecule has 1 rings (SSSR count). The Morgan fingerprint density at radius 1 is 1.37 bits per heavy atom. The molecule has 1 heterocycles. The SMILES string of the molecule is CC(C)(C)OC(=O)COCC1CCCN(C(=O)O)C1. The minimum absolute atomic E-state index is 0.0825. The van der Waals surface area contributed by atoms with Crippen molar-refractivity contribution < 1.29 is 24.2 Å². The molecule has 19 heavy (non-hydrogen) atoms. The van der Waals surface area contributed by atoms with Gasteiger partial charge in [-0.3, -0.25) is 0 Å². The molecule has 0 aliphatic carbocycles. The van der Waals surface area contributed by atoms with E-state index in [1.807, 2.05) is 0 Å². The Bertz CT molecular complexity index is 323. The van der Waals surface area contributed by atoms with Crippen LogP contribution in [0.2, 0.25) is 0 Å². The van der Waals surface area contributed by atoms with Crippen molar-refractivity contribution in [2.24, 2.45) is 5.92 Å². The minimum atomic E-state index is -0.892. The molecule has 0 aromatic heterocycles. The maximum Gasteiger partial charge on any atom is 0.407 e. The van der Waals surface area contributed by atoms with Gasteiger partial charge in [0.1, 0.15) is 12.2 Å². The molecule has 1 saturated heterocycles. The van der Waals surface area contributed by atoms with E-state index < -0.39 is 17.7 Å². The molecule has 1 aliphatic heterocycles. The average molecular weight is 273 g/mol. The highest BCUT2D eigenvalue weighted by atomic mass is 16.6. The Balaban J connectivity index is 2.22. The van der Waals surface area contributed by atoms with Gasteiger partial charge in [-0.15, -0.1) is 0 Å². The van der Waals surface area contributed by atoms with Crippen LogP contribution in [0.4, 0.5) is 4.79 Å². The van der Waals surface area contributed by atoms with Gasteiger partial charge in [0.05, 0.1) is 6.61 Å². The molecule has 1 N–H and O–H groups in total. The first kappa shape index (κ1) is 15.8. The summed E-state index contributed by atoms with van der Waals surface area (Å²) >= 11 is 0. The van der Waals surface area contributed by atoms with Crippen LogP contribution in [0.3, 0.4) is 0 Å². The van der Waals surface area contributed by atoms with Crippen molar-refractivity contribution in [2.45, 2.75) is 39.2 Å². The van der Waals surface area contributed by atoms with Gasteiger partial charge in [-0.1, -0.05) is 0 Å². The average Bonchev–Trinajstić information content (AvgIpc) is 2.27. The van der Waals surface area contributed by atoms with Crippen LogP contribution in [0.1, 0.15) is 33.6 Å². The lowest BCUT2D eigenvalue weighted by Crippen LogP contribution is -2.40. The number of piperidine rings is 1. The first-order valence-corrected chi connectivity index (χ1v) is 6.55. The summed E-state index contributed by atoms with van der Waals surface area (Å²) in [6.45, 7) is 6.77. The van der Waals surface area contributed by atoms with Crippen molar-refractivity contribution in [1.82, 2.24) is 4.90 Å². The summed E-state index contributed by atoms with van der Waals surface area (Å²) in [5, 5.41) is 8.91. The molecule has 0 bridgehead atoms. The standard InChI is InChI=1S/C13H23NO5/c1-13(2,3)19-11(15)9-18-8-10-5-4-6-14(7-10)12(16)17/h10H,4-9H2,1-3H3,(H,16,17). The maximum absolute atomic E-state index is 11.4. The topological polar surface area (TPSA) is 76.1 Å². The van der Waals surface area contributed by atoms with Gasteiger partial charge in [-0.05, 0) is 33.6 Å². The fraction of sp³-hybridized carbons (Fsp3) is 0.846. The molecule has 1 aliphatic rings. The van der Waals surface area contributed by atoms with E-state index in [-0.39, 0.29) is 12.5 Å². The zero-order valence-corrected chi connectivity index (χ0v) is 11.8. The number of esters is 1. The van der Waals surface area contributed by atoms with Crippen LogP contribution in [0.25, 0.3) is 0 Å². The normalized spacial score (nSPS) is 20.2. The molecular weight excluding hydrogens is 250 g/mol. The minimum Gasteiger partial charge on any atom is -0.465 e. The highest BCUT2D eigenvalue weighted by Gasteiger charge is 2.24. The predicted octanol–water partition coefficient (Wildman–Crippen LogP) is 1.73. The fourth-order valence-corrected chi connectivity index (χ4v) is 2.05. The Hall–Kier alpha value is -1.30. The first-order valence-electron chi connectivity index (χ1n) is 6.55. The van der Waals surface area contributed by atoms with Crippen molar-refractivity contribution in [3.05, 3.63) is 0 Å². The van der Waals surface area contributed by atoms with E-state index in [2.05, 4.69) is 0 Å². The van der Waals surface area contributed by atoms with Crippen LogP contribution in [-0.4, -0.2) is 54.0 Å². The second kappa shape index (κ2) is 6.75. The molecule has 0 radical (unpaired) electrons. The van der Waals surface area contributed by atoms with E-state index in [9.17, 15) is 9.59 Å². The molecule has 0 aromatic carbocycles. The van der Waals surface area contributed by atoms with Crippen molar-refractivity contribution in [3.8, 4) is 0 Å². The molecule has 1 atom stereocenters. The maximum atomic E-state index is 11.4. The summed E-state index contributed by atoms with van der Waals surface area (Å²) in [6, 6.07) is 0. The van der Waals surface area contributed by atoms with Gasteiger partial charge < -0.3 is 19.5 Å². The molecule has 0 saturated carbocycles. The van der Waals surface area contributed by atoms with E-state index in [1.165, 1.54) is 4.90 Å². The van der Waals surface area contributed by atoms with Crippen molar-refractivity contribution >= 4 is 12.1 Å². The molecule has 0 spiro atoms. The molecule has 1 unspecified atom stereocenters. The van der Waals surface area contributed by atoms with E-state index in [4.69, 9.17) is 14.6 Å². The number of likely N-dealkylation sites (tertiary alicyclic amines) is 1. The van der Waals surface area contributed by atoms with Gasteiger partial charge in [-0.25, -0.2) is 9.59 Å². The number of hydrogen-bond donors (Lipinski definition) is 1. The Morgan fingerprint density at radius 3 is 2.63 bits per heavy atom. The number of ether oxygens (including phenoxy) is 2. The van der Waals surface area contributed by atoms with Gasteiger partial charge in [-0.2, -0.15) is 0 Å². The number of nitrogens with zero attached hydrogens (tertiary/aromatic N) is 1. The van der Waals surface area contributed by atoms with Crippen LogP contribution in [-0.2, 0) is 14.3 Å². The monoisotopic (exact) mass is 273 g/mol. The summed E-state index contributed by atoms with van der Waals surface area (Å²) in [4.78, 5) is 23.7. The third kappa shape index (κ3) is 6.42. The third-order valence-corrected chi connectivity index (χ3v) is 2.78. The van der Waals surface area contributed by atoms with Crippen molar-refractivity contribution in [2.75, 3.05) is 26.3 Å². The number of carbonyl (C=O) groups excluding carboxylic acids is 1. The fourth-order valence-electron chi connectivity index (χ4n) is 2.05. The summed E-state index contributed by atoms with van der Waals surface area (Å²) in [5.74, 6) is -0.231. The van der Waals surface area contributed by atoms with Gasteiger partial charge in [0.15, 0.2) is 0 Å². The van der Waals surface area contributed by atoms with Gasteiger partial charge in [0.25, 0.3) is 0 Å². The smallest absolute Gasteiger partial charge is 0.407 e. The van der Waals surface area contributed by atoms with E-state index in [0.717, 1.165) is 12.8 Å². The summed E-state index contributed by atoms with van der Waals surface area (Å²) < 4.78 is 10.4. The van der Waals surface area contributed by atoms with Crippen LogP contribution in [0, 0.1) is 5.92 Å². The molecular formula is C13H23NO5. The van der Waals surface area contributed by atoms with Crippen molar-refractivity contribution in [1.29, 1.82) is 0 Å². The van der Waals surface area contributed by atoms with Crippen LogP contribution < -0.4 is 0 Å². The number of carbonyl (C=O) groups is 2. The Morgan fingerprint density at radius 2 is 2.05 bits per heavy atom. The number of rotatable bonds is 4. The quantitative estimate of drug-likeness (QED) is 0.789. The predicted molar refractivity (Wildman–Crippen MR) is 69.0 cm³/mol. The highest BCUT2D eigenvalue weighted by Crippen LogP contribution is 2.17. The summed E-state index contributed by atoms with van der Waals surface area (Å²) in [5.41, 5.74) is -0.509. The number of hydrogen-bond acceptors (Lipinski definition) is 4.